The largest absolute Gasteiger partial charge is 0.508 e. The van der Waals surface area contributed by atoms with Gasteiger partial charge in [-0.3, -0.25) is 0 Å². The first-order valence-electron chi connectivity index (χ1n) is 8.22. The van der Waals surface area contributed by atoms with E-state index in [4.69, 9.17) is 0 Å². The lowest BCUT2D eigenvalue weighted by atomic mass is 10.1. The van der Waals surface area contributed by atoms with E-state index in [9.17, 15) is 9.50 Å². The number of aryl methyl sites for hydroxylation is 1. The molecule has 0 amide bonds. The maximum atomic E-state index is 13.6. The van der Waals surface area contributed by atoms with E-state index in [0.717, 1.165) is 25.9 Å². The number of benzene rings is 2. The van der Waals surface area contributed by atoms with Crippen LogP contribution in [0.2, 0.25) is 0 Å². The third-order valence-corrected chi connectivity index (χ3v) is 3.58. The summed E-state index contributed by atoms with van der Waals surface area (Å²) in [6.07, 6.45) is 1.86. The Morgan fingerprint density at radius 3 is 2.54 bits per heavy atom. The summed E-state index contributed by atoms with van der Waals surface area (Å²) in [5.41, 5.74) is 1.77. The third-order valence-electron chi connectivity index (χ3n) is 3.58. The molecule has 0 aromatic heterocycles. The van der Waals surface area contributed by atoms with Crippen molar-refractivity contribution in [3.8, 4) is 5.75 Å². The minimum atomic E-state index is -0.232. The minimum Gasteiger partial charge on any atom is -0.508 e. The predicted octanol–water partition coefficient (Wildman–Crippen LogP) is 3.22. The number of guanidine groups is 1. The molecule has 3 N–H and O–H groups in total. The van der Waals surface area contributed by atoms with E-state index in [1.165, 1.54) is 11.6 Å². The molecule has 2 aromatic carbocycles. The lowest BCUT2D eigenvalue weighted by Crippen LogP contribution is -2.37. The monoisotopic (exact) mass is 329 g/mol. The number of nitrogens with zero attached hydrogens (tertiary/aromatic N) is 1. The summed E-state index contributed by atoms with van der Waals surface area (Å²) >= 11 is 0. The second kappa shape index (κ2) is 9.55. The molecule has 0 aliphatic carbocycles. The molecule has 5 heteroatoms. The van der Waals surface area contributed by atoms with Crippen molar-refractivity contribution < 1.29 is 9.50 Å². The summed E-state index contributed by atoms with van der Waals surface area (Å²) in [6.45, 7) is 3.82. The first-order chi connectivity index (χ1) is 11.7. The van der Waals surface area contributed by atoms with Gasteiger partial charge in [0.1, 0.15) is 11.6 Å². The van der Waals surface area contributed by atoms with Crippen LogP contribution < -0.4 is 10.6 Å². The van der Waals surface area contributed by atoms with Crippen LogP contribution in [0.1, 0.15) is 24.5 Å². The summed E-state index contributed by atoms with van der Waals surface area (Å²) in [6, 6.07) is 13.9. The van der Waals surface area contributed by atoms with Gasteiger partial charge in [0, 0.05) is 18.7 Å². The molecule has 0 atom stereocenters. The number of hydrogen-bond donors (Lipinski definition) is 3. The number of hydrogen-bond acceptors (Lipinski definition) is 2. The van der Waals surface area contributed by atoms with Crippen molar-refractivity contribution >= 4 is 5.96 Å². The Kier molecular flexibility index (Phi) is 7.08. The summed E-state index contributed by atoms with van der Waals surface area (Å²) in [7, 11) is 0. The molecular weight excluding hydrogens is 305 g/mol. The van der Waals surface area contributed by atoms with Crippen molar-refractivity contribution in [2.75, 3.05) is 13.1 Å². The maximum absolute atomic E-state index is 13.6. The van der Waals surface area contributed by atoms with Gasteiger partial charge in [0.15, 0.2) is 5.96 Å². The van der Waals surface area contributed by atoms with E-state index in [0.29, 0.717) is 18.1 Å². The highest BCUT2D eigenvalue weighted by molar-refractivity contribution is 5.79. The van der Waals surface area contributed by atoms with Crippen LogP contribution in [0.25, 0.3) is 0 Å². The zero-order valence-electron chi connectivity index (χ0n) is 13.9. The maximum Gasteiger partial charge on any atom is 0.191 e. The topological polar surface area (TPSA) is 56.7 Å². The van der Waals surface area contributed by atoms with E-state index >= 15 is 0 Å². The Balaban J connectivity index is 1.81. The number of aromatic hydroxyl groups is 1. The molecule has 128 valence electrons. The lowest BCUT2D eigenvalue weighted by molar-refractivity contribution is 0.475. The van der Waals surface area contributed by atoms with Crippen molar-refractivity contribution in [2.45, 2.75) is 26.3 Å². The van der Waals surface area contributed by atoms with Crippen molar-refractivity contribution in [1.82, 2.24) is 10.6 Å². The Bertz CT molecular complexity index is 656. The minimum absolute atomic E-state index is 0.232. The Morgan fingerprint density at radius 2 is 1.83 bits per heavy atom. The van der Waals surface area contributed by atoms with Crippen LogP contribution in [0, 0.1) is 5.82 Å². The van der Waals surface area contributed by atoms with Gasteiger partial charge in [-0.15, -0.1) is 0 Å². The molecule has 24 heavy (non-hydrogen) atoms. The summed E-state index contributed by atoms with van der Waals surface area (Å²) in [5, 5.41) is 15.7. The second-order valence-electron chi connectivity index (χ2n) is 5.48. The quantitative estimate of drug-likeness (QED) is 0.415. The van der Waals surface area contributed by atoms with Gasteiger partial charge in [-0.25, -0.2) is 9.38 Å². The third kappa shape index (κ3) is 5.91. The van der Waals surface area contributed by atoms with E-state index < -0.39 is 0 Å². The van der Waals surface area contributed by atoms with Gasteiger partial charge in [0.05, 0.1) is 6.54 Å². The fourth-order valence-corrected chi connectivity index (χ4v) is 2.29. The number of phenols is 1. The molecule has 0 saturated carbocycles. The predicted molar refractivity (Wildman–Crippen MR) is 95.6 cm³/mol. The van der Waals surface area contributed by atoms with Crippen molar-refractivity contribution in [3.63, 3.8) is 0 Å². The Hall–Kier alpha value is -2.56. The molecular formula is C19H24FN3O. The van der Waals surface area contributed by atoms with Gasteiger partial charge in [-0.05, 0) is 43.5 Å². The molecule has 0 spiro atoms. The summed E-state index contributed by atoms with van der Waals surface area (Å²) in [4.78, 5) is 4.42. The first-order valence-corrected chi connectivity index (χ1v) is 8.22. The van der Waals surface area contributed by atoms with Gasteiger partial charge < -0.3 is 15.7 Å². The SMILES string of the molecule is CCNC(=NCc1ccccc1F)NCCCc1ccc(O)cc1. The highest BCUT2D eigenvalue weighted by Gasteiger charge is 2.01. The van der Waals surface area contributed by atoms with Gasteiger partial charge in [0.25, 0.3) is 0 Å². The van der Waals surface area contributed by atoms with Crippen LogP contribution in [0.3, 0.4) is 0 Å². The van der Waals surface area contributed by atoms with Gasteiger partial charge >= 0.3 is 0 Å². The van der Waals surface area contributed by atoms with Crippen LogP contribution in [0.5, 0.6) is 5.75 Å². The molecule has 4 nitrogen and oxygen atoms in total. The zero-order valence-corrected chi connectivity index (χ0v) is 13.9. The first kappa shape index (κ1) is 17.8. The van der Waals surface area contributed by atoms with Crippen LogP contribution in [0.15, 0.2) is 53.5 Å². The molecule has 0 bridgehead atoms. The lowest BCUT2D eigenvalue weighted by Gasteiger charge is -2.11. The normalized spacial score (nSPS) is 11.3. The number of phenolic OH excluding ortho intramolecular Hbond substituents is 1. The van der Waals surface area contributed by atoms with Crippen LogP contribution in [0.4, 0.5) is 4.39 Å². The van der Waals surface area contributed by atoms with E-state index in [1.54, 1.807) is 24.3 Å². The number of rotatable bonds is 7. The molecule has 2 aromatic rings. The van der Waals surface area contributed by atoms with E-state index in [2.05, 4.69) is 15.6 Å². The van der Waals surface area contributed by atoms with Crippen LogP contribution in [-0.4, -0.2) is 24.2 Å². The summed E-state index contributed by atoms with van der Waals surface area (Å²) in [5.74, 6) is 0.738. The van der Waals surface area contributed by atoms with E-state index in [1.807, 2.05) is 25.1 Å². The van der Waals surface area contributed by atoms with Crippen LogP contribution >= 0.6 is 0 Å². The summed E-state index contributed by atoms with van der Waals surface area (Å²) < 4.78 is 13.6. The average Bonchev–Trinajstić information content (AvgIpc) is 2.59. The Labute approximate surface area is 142 Å². The number of nitrogens with one attached hydrogen (secondary N) is 2. The molecule has 0 unspecified atom stereocenters. The van der Waals surface area contributed by atoms with Crippen molar-refractivity contribution in [3.05, 3.63) is 65.5 Å². The zero-order chi connectivity index (χ0) is 17.2. The van der Waals surface area contributed by atoms with Gasteiger partial charge in [-0.1, -0.05) is 30.3 Å². The molecule has 0 aliphatic rings. The average molecular weight is 329 g/mol. The van der Waals surface area contributed by atoms with Crippen molar-refractivity contribution in [1.29, 1.82) is 0 Å². The molecule has 2 rings (SSSR count). The number of aliphatic imine (C=N–C) groups is 1. The second-order valence-corrected chi connectivity index (χ2v) is 5.48. The standard InChI is InChI=1S/C19H24FN3O/c1-2-21-19(23-14-16-7-3-4-8-18(16)20)22-13-5-6-15-9-11-17(24)12-10-15/h3-4,7-12,24H,2,5-6,13-14H2,1H3,(H2,21,22,23). The van der Waals surface area contributed by atoms with Crippen LogP contribution in [-0.2, 0) is 13.0 Å². The number of halogens is 1. The fraction of sp³-hybridized carbons (Fsp3) is 0.316. The molecule has 0 aliphatic heterocycles. The molecule has 0 fully saturated rings. The highest BCUT2D eigenvalue weighted by Crippen LogP contribution is 2.11. The highest BCUT2D eigenvalue weighted by atomic mass is 19.1. The van der Waals surface area contributed by atoms with Gasteiger partial charge in [0.2, 0.25) is 0 Å². The van der Waals surface area contributed by atoms with Gasteiger partial charge in [-0.2, -0.15) is 0 Å². The smallest absolute Gasteiger partial charge is 0.191 e. The Morgan fingerprint density at radius 1 is 1.08 bits per heavy atom. The van der Waals surface area contributed by atoms with Crippen molar-refractivity contribution in [2.24, 2.45) is 4.99 Å². The fourth-order valence-electron chi connectivity index (χ4n) is 2.29. The molecule has 0 radical (unpaired) electrons. The molecule has 0 heterocycles. The van der Waals surface area contributed by atoms with E-state index in [-0.39, 0.29) is 11.6 Å². The molecule has 0 saturated heterocycles.